The Kier molecular flexibility index (Phi) is 6.72. The Labute approximate surface area is 218 Å². The third-order valence-corrected chi connectivity index (χ3v) is 7.91. The molecule has 0 aliphatic carbocycles. The van der Waals surface area contributed by atoms with Crippen molar-refractivity contribution >= 4 is 40.2 Å². The maximum atomic E-state index is 13.9. The van der Waals surface area contributed by atoms with Crippen molar-refractivity contribution in [1.82, 2.24) is 14.5 Å². The van der Waals surface area contributed by atoms with Gasteiger partial charge in [0.2, 0.25) is 0 Å². The van der Waals surface area contributed by atoms with E-state index in [-0.39, 0.29) is 22.7 Å². The molecule has 2 aromatic heterocycles. The third kappa shape index (κ3) is 4.71. The van der Waals surface area contributed by atoms with Crippen LogP contribution >= 0.6 is 23.4 Å². The minimum atomic E-state index is -0.285. The predicted octanol–water partition coefficient (Wildman–Crippen LogP) is 5.96. The number of Topliss-reactive ketones (excluding diaryl/α,β-unsaturated/α-hetero) is 1. The lowest BCUT2D eigenvalue weighted by molar-refractivity contribution is -0.0573. The van der Waals surface area contributed by atoms with Gasteiger partial charge in [-0.3, -0.25) is 14.2 Å². The molecular formula is C28H26ClN3O3S. The lowest BCUT2D eigenvalue weighted by Crippen LogP contribution is -2.35. The number of carbonyl (C=O) groups excluding carboxylic acids is 1. The van der Waals surface area contributed by atoms with Gasteiger partial charge in [0, 0.05) is 22.6 Å². The number of hydrogen-bond acceptors (Lipinski definition) is 6. The van der Waals surface area contributed by atoms with Gasteiger partial charge in [-0.1, -0.05) is 48.5 Å². The molecular weight excluding hydrogens is 494 g/mol. The van der Waals surface area contributed by atoms with Crippen LogP contribution < -0.4 is 5.56 Å². The van der Waals surface area contributed by atoms with Crippen molar-refractivity contribution in [2.24, 2.45) is 0 Å². The molecule has 0 spiro atoms. The first-order chi connectivity index (χ1) is 17.3. The van der Waals surface area contributed by atoms with Crippen molar-refractivity contribution in [3.05, 3.63) is 92.4 Å². The van der Waals surface area contributed by atoms with E-state index in [0.29, 0.717) is 39.8 Å². The van der Waals surface area contributed by atoms with Crippen LogP contribution in [0.4, 0.5) is 0 Å². The number of aryl methyl sites for hydroxylation is 1. The van der Waals surface area contributed by atoms with E-state index in [0.717, 1.165) is 28.9 Å². The number of aromatic nitrogens is 3. The van der Waals surface area contributed by atoms with E-state index in [1.165, 1.54) is 11.8 Å². The highest BCUT2D eigenvalue weighted by Crippen LogP contribution is 2.31. The average Bonchev–Trinajstić information content (AvgIpc) is 2.87. The Morgan fingerprint density at radius 2 is 1.92 bits per heavy atom. The number of thioether (sulfide) groups is 1. The molecule has 4 aromatic rings. The summed E-state index contributed by atoms with van der Waals surface area (Å²) in [5, 5.41) is 1.44. The van der Waals surface area contributed by atoms with Crippen LogP contribution in [0.1, 0.15) is 47.4 Å². The second-order valence-electron chi connectivity index (χ2n) is 9.27. The lowest BCUT2D eigenvalue weighted by Gasteiger charge is -2.33. The number of para-hydroxylation sites is 1. The van der Waals surface area contributed by atoms with Gasteiger partial charge in [-0.2, -0.15) is 0 Å². The molecule has 0 bridgehead atoms. The van der Waals surface area contributed by atoms with E-state index >= 15 is 0 Å². The van der Waals surface area contributed by atoms with Gasteiger partial charge in [0.1, 0.15) is 0 Å². The summed E-state index contributed by atoms with van der Waals surface area (Å²) in [6, 6.07) is 16.3. The summed E-state index contributed by atoms with van der Waals surface area (Å²) in [6.45, 7) is 6.54. The summed E-state index contributed by atoms with van der Waals surface area (Å²) in [5.41, 5.74) is 3.94. The molecule has 0 radical (unpaired) electrons. The molecule has 1 aliphatic rings. The number of halogens is 1. The highest BCUT2D eigenvalue weighted by atomic mass is 35.5. The van der Waals surface area contributed by atoms with Gasteiger partial charge in [0.05, 0.1) is 34.7 Å². The zero-order chi connectivity index (χ0) is 25.4. The van der Waals surface area contributed by atoms with Crippen molar-refractivity contribution in [3.63, 3.8) is 0 Å². The molecule has 36 heavy (non-hydrogen) atoms. The van der Waals surface area contributed by atoms with Crippen molar-refractivity contribution in [3.8, 4) is 5.69 Å². The zero-order valence-corrected chi connectivity index (χ0v) is 21.9. The number of pyridine rings is 1. The van der Waals surface area contributed by atoms with Crippen molar-refractivity contribution in [1.29, 1.82) is 0 Å². The molecule has 0 unspecified atom stereocenters. The molecule has 1 atom stereocenters. The first-order valence-corrected chi connectivity index (χ1v) is 13.2. The number of benzene rings is 2. The summed E-state index contributed by atoms with van der Waals surface area (Å²) in [6.07, 6.45) is 1.53. The number of fused-ring (bicyclic) bond motifs is 2. The number of nitrogens with zero attached hydrogens (tertiary/aromatic N) is 3. The number of ether oxygens (including phenoxy) is 1. The lowest BCUT2D eigenvalue weighted by atomic mass is 9.91. The van der Waals surface area contributed by atoms with E-state index in [9.17, 15) is 9.59 Å². The van der Waals surface area contributed by atoms with Gasteiger partial charge in [-0.15, -0.1) is 0 Å². The summed E-state index contributed by atoms with van der Waals surface area (Å²) < 4.78 is 7.67. The number of rotatable bonds is 6. The number of ketones is 1. The molecule has 184 valence electrons. The number of carbonyl (C=O) groups is 1. The molecule has 6 nitrogen and oxygen atoms in total. The molecule has 0 fully saturated rings. The topological polar surface area (TPSA) is 74.1 Å². The van der Waals surface area contributed by atoms with Crippen LogP contribution in [0.5, 0.6) is 0 Å². The van der Waals surface area contributed by atoms with Crippen LogP contribution in [-0.4, -0.2) is 31.7 Å². The SMILES string of the molecule is CC[C@@]1(C)Cc2nc3nc(SCC(=O)c4ccc(Cl)cc4)n(-c4ccccc4C)c(=O)c3cc2CO1. The molecule has 0 saturated heterocycles. The average molecular weight is 520 g/mol. The van der Waals surface area contributed by atoms with Crippen LogP contribution in [-0.2, 0) is 17.8 Å². The monoisotopic (exact) mass is 519 g/mol. The van der Waals surface area contributed by atoms with Gasteiger partial charge < -0.3 is 4.74 Å². The fourth-order valence-electron chi connectivity index (χ4n) is 4.31. The summed E-state index contributed by atoms with van der Waals surface area (Å²) in [7, 11) is 0. The zero-order valence-electron chi connectivity index (χ0n) is 20.4. The van der Waals surface area contributed by atoms with Crippen LogP contribution in [0.2, 0.25) is 5.02 Å². The molecule has 2 aromatic carbocycles. The highest BCUT2D eigenvalue weighted by Gasteiger charge is 2.31. The van der Waals surface area contributed by atoms with E-state index in [1.807, 2.05) is 37.3 Å². The van der Waals surface area contributed by atoms with E-state index in [4.69, 9.17) is 26.3 Å². The molecule has 0 N–H and O–H groups in total. The summed E-state index contributed by atoms with van der Waals surface area (Å²) >= 11 is 7.20. The van der Waals surface area contributed by atoms with Crippen LogP contribution in [0.15, 0.2) is 64.5 Å². The van der Waals surface area contributed by atoms with Crippen molar-refractivity contribution in [2.45, 2.75) is 51.0 Å². The Morgan fingerprint density at radius 3 is 2.64 bits per heavy atom. The minimum Gasteiger partial charge on any atom is -0.370 e. The molecule has 5 rings (SSSR count). The summed E-state index contributed by atoms with van der Waals surface area (Å²) in [4.78, 5) is 36.4. The van der Waals surface area contributed by atoms with Gasteiger partial charge >= 0.3 is 0 Å². The van der Waals surface area contributed by atoms with Gasteiger partial charge in [0.15, 0.2) is 16.6 Å². The highest BCUT2D eigenvalue weighted by molar-refractivity contribution is 7.99. The molecule has 8 heteroatoms. The quantitative estimate of drug-likeness (QED) is 0.178. The van der Waals surface area contributed by atoms with E-state index in [2.05, 4.69) is 13.8 Å². The Hall–Kier alpha value is -3.00. The molecule has 0 saturated carbocycles. The van der Waals surface area contributed by atoms with Gasteiger partial charge in [-0.05, 0) is 62.2 Å². The second-order valence-corrected chi connectivity index (χ2v) is 10.7. The maximum Gasteiger partial charge on any atom is 0.268 e. The Bertz CT molecular complexity index is 1530. The van der Waals surface area contributed by atoms with Gasteiger partial charge in [-0.25, -0.2) is 9.97 Å². The summed E-state index contributed by atoms with van der Waals surface area (Å²) in [5.74, 6) is 0.0506. The normalized spacial score (nSPS) is 17.2. The molecule has 3 heterocycles. The Morgan fingerprint density at radius 1 is 1.17 bits per heavy atom. The third-order valence-electron chi connectivity index (χ3n) is 6.72. The fraction of sp³-hybridized carbons (Fsp3) is 0.286. The molecule has 0 amide bonds. The van der Waals surface area contributed by atoms with Crippen LogP contribution in [0, 0.1) is 6.92 Å². The molecule has 1 aliphatic heterocycles. The van der Waals surface area contributed by atoms with Gasteiger partial charge in [0.25, 0.3) is 5.56 Å². The number of hydrogen-bond donors (Lipinski definition) is 0. The van der Waals surface area contributed by atoms with Crippen molar-refractivity contribution in [2.75, 3.05) is 5.75 Å². The van der Waals surface area contributed by atoms with E-state index < -0.39 is 0 Å². The largest absolute Gasteiger partial charge is 0.370 e. The Balaban J connectivity index is 1.61. The van der Waals surface area contributed by atoms with Crippen molar-refractivity contribution < 1.29 is 9.53 Å². The second kappa shape index (κ2) is 9.81. The maximum absolute atomic E-state index is 13.9. The van der Waals surface area contributed by atoms with Crippen LogP contribution in [0.3, 0.4) is 0 Å². The first kappa shape index (κ1) is 24.7. The minimum absolute atomic E-state index is 0.0726. The smallest absolute Gasteiger partial charge is 0.268 e. The first-order valence-electron chi connectivity index (χ1n) is 11.8. The predicted molar refractivity (Wildman–Crippen MR) is 144 cm³/mol. The fourth-order valence-corrected chi connectivity index (χ4v) is 5.32. The standard InChI is InChI=1S/C28H26ClN3O3S/c1-4-28(3)14-22-19(15-35-28)13-21-25(30-22)31-27(32(26(21)34)23-8-6-5-7-17(23)2)36-16-24(33)18-9-11-20(29)12-10-18/h5-13H,4,14-16H2,1-3H3/t28-/m0/s1. The van der Waals surface area contributed by atoms with E-state index in [1.54, 1.807) is 28.8 Å². The van der Waals surface area contributed by atoms with Crippen LogP contribution in [0.25, 0.3) is 16.7 Å².